The third-order valence-electron chi connectivity index (χ3n) is 7.72. The van der Waals surface area contributed by atoms with Crippen LogP contribution in [0.15, 0.2) is 84.9 Å². The van der Waals surface area contributed by atoms with Gasteiger partial charge in [0.25, 0.3) is 0 Å². The predicted molar refractivity (Wildman–Crippen MR) is 132 cm³/mol. The molecule has 6 rings (SSSR count). The van der Waals surface area contributed by atoms with Gasteiger partial charge < -0.3 is 9.22 Å². The van der Waals surface area contributed by atoms with Crippen molar-refractivity contribution >= 4 is 11.8 Å². The number of rotatable bonds is 8. The Balaban J connectivity index is 1.31. The Kier molecular flexibility index (Phi) is 6.78. The molecule has 3 aromatic carbocycles. The number of carbonyl (C=O) groups excluding carboxylic acids is 2. The summed E-state index contributed by atoms with van der Waals surface area (Å²) in [7, 11) is 0. The van der Waals surface area contributed by atoms with Gasteiger partial charge in [-0.3, -0.25) is 9.59 Å². The summed E-state index contributed by atoms with van der Waals surface area (Å²) in [6.07, 6.45) is 2.20. The molecule has 0 saturated carbocycles. The van der Waals surface area contributed by atoms with Crippen molar-refractivity contribution in [3.63, 3.8) is 0 Å². The number of benzene rings is 3. The second-order valence-electron chi connectivity index (χ2n) is 10.0. The van der Waals surface area contributed by atoms with E-state index in [1.54, 1.807) is 12.1 Å². The molecule has 0 amide bonds. The number of hydrogen-bond acceptors (Lipinski definition) is 3. The summed E-state index contributed by atoms with van der Waals surface area (Å²) in [6.45, 7) is 3.04. The van der Waals surface area contributed by atoms with Crippen LogP contribution >= 0.6 is 0 Å². The molecule has 3 heterocycles. The molecule has 0 aliphatic carbocycles. The summed E-state index contributed by atoms with van der Waals surface area (Å²) in [6, 6.07) is 25.4. The molecule has 0 N–H and O–H groups in total. The molecule has 0 radical (unpaired) electrons. The number of hydrogen-bond donors (Lipinski definition) is 0. The molecule has 4 nitrogen and oxygen atoms in total. The van der Waals surface area contributed by atoms with Crippen molar-refractivity contribution in [2.24, 2.45) is 5.92 Å². The van der Waals surface area contributed by atoms with Gasteiger partial charge in [0, 0.05) is 24.3 Å². The molecule has 35 heavy (non-hydrogen) atoms. The van der Waals surface area contributed by atoms with Gasteiger partial charge in [-0.25, -0.2) is 4.39 Å². The number of ether oxygens (including phenoxy) is 1. The van der Waals surface area contributed by atoms with Crippen molar-refractivity contribution in [2.45, 2.75) is 31.3 Å². The third-order valence-corrected chi connectivity index (χ3v) is 7.72. The van der Waals surface area contributed by atoms with Gasteiger partial charge in [-0.15, -0.1) is 0 Å². The van der Waals surface area contributed by atoms with E-state index in [2.05, 4.69) is 0 Å². The summed E-state index contributed by atoms with van der Waals surface area (Å²) in [5.41, 5.74) is 2.53. The Bertz CT molecular complexity index is 1160. The quantitative estimate of drug-likeness (QED) is 0.258. The number of piperidine rings is 3. The molecule has 2 bridgehead atoms. The number of nitrogens with zero attached hydrogens (tertiary/aromatic N) is 1. The van der Waals surface area contributed by atoms with E-state index in [0.29, 0.717) is 29.9 Å². The molecule has 2 unspecified atom stereocenters. The lowest BCUT2D eigenvalue weighted by atomic mass is 9.82. The highest BCUT2D eigenvalue weighted by Crippen LogP contribution is 2.37. The fraction of sp³-hybridized carbons (Fsp3) is 0.333. The van der Waals surface area contributed by atoms with Gasteiger partial charge in [-0.2, -0.15) is 0 Å². The van der Waals surface area contributed by atoms with Crippen molar-refractivity contribution in [1.82, 2.24) is 0 Å². The second kappa shape index (κ2) is 10.1. The summed E-state index contributed by atoms with van der Waals surface area (Å²) < 4.78 is 20.3. The highest BCUT2D eigenvalue weighted by Gasteiger charge is 2.49. The number of esters is 1. The Morgan fingerprint density at radius 2 is 1.51 bits per heavy atom. The molecule has 5 heteroatoms. The van der Waals surface area contributed by atoms with Crippen molar-refractivity contribution in [2.75, 3.05) is 26.2 Å². The highest BCUT2D eigenvalue weighted by molar-refractivity contribution is 5.97. The number of carbonyl (C=O) groups is 2. The first-order valence-electron chi connectivity index (χ1n) is 12.4. The average molecular weight is 473 g/mol. The Labute approximate surface area is 205 Å². The van der Waals surface area contributed by atoms with E-state index in [1.807, 2.05) is 60.7 Å². The van der Waals surface area contributed by atoms with Gasteiger partial charge in [-0.05, 0) is 29.7 Å². The molecule has 3 fully saturated rings. The van der Waals surface area contributed by atoms with E-state index in [0.717, 1.165) is 42.6 Å². The lowest BCUT2D eigenvalue weighted by molar-refractivity contribution is -0.938. The van der Waals surface area contributed by atoms with Crippen LogP contribution in [0.1, 0.15) is 40.2 Å². The van der Waals surface area contributed by atoms with Gasteiger partial charge in [0.15, 0.2) is 6.10 Å². The molecule has 3 aromatic rings. The largest absolute Gasteiger partial charge is 0.456 e. The lowest BCUT2D eigenvalue weighted by Gasteiger charge is -2.51. The Morgan fingerprint density at radius 1 is 0.886 bits per heavy atom. The van der Waals surface area contributed by atoms with Crippen molar-refractivity contribution in [3.05, 3.63) is 107 Å². The lowest BCUT2D eigenvalue weighted by Crippen LogP contribution is -2.65. The molecular weight excluding hydrogens is 441 g/mol. The molecule has 0 aromatic heterocycles. The zero-order valence-corrected chi connectivity index (χ0v) is 19.8. The number of ketones is 1. The molecular formula is C30H31FNO3+. The summed E-state index contributed by atoms with van der Waals surface area (Å²) in [5, 5.41) is 0. The van der Waals surface area contributed by atoms with E-state index in [4.69, 9.17) is 4.74 Å². The molecule has 180 valence electrons. The van der Waals surface area contributed by atoms with Gasteiger partial charge in [0.2, 0.25) is 5.78 Å². The Hall–Kier alpha value is -3.31. The summed E-state index contributed by atoms with van der Waals surface area (Å²) in [4.78, 5) is 26.5. The standard InChI is InChI=1S/C30H31FNO3/c31-26-13-11-22(12-14-26)19-27(23-7-3-1-4-8-23)30(34)35-29-21-32(17-15-25(29)16-18-32)20-28(33)24-9-5-2-6-10-24/h1-14,25,27,29H,15-21H2/q+1. The van der Waals surface area contributed by atoms with Crippen LogP contribution in [0, 0.1) is 11.7 Å². The van der Waals surface area contributed by atoms with E-state index in [9.17, 15) is 14.0 Å². The van der Waals surface area contributed by atoms with Crippen LogP contribution in [0.4, 0.5) is 4.39 Å². The average Bonchev–Trinajstić information content (AvgIpc) is 2.89. The fourth-order valence-electron chi connectivity index (χ4n) is 5.71. The maximum Gasteiger partial charge on any atom is 0.314 e. The van der Waals surface area contributed by atoms with Gasteiger partial charge in [0.1, 0.15) is 18.9 Å². The normalized spacial score (nSPS) is 24.0. The Morgan fingerprint density at radius 3 is 2.17 bits per heavy atom. The van der Waals surface area contributed by atoms with Crippen LogP contribution in [-0.2, 0) is 16.0 Å². The van der Waals surface area contributed by atoms with Gasteiger partial charge >= 0.3 is 5.97 Å². The van der Waals surface area contributed by atoms with Crippen molar-refractivity contribution in [3.8, 4) is 0 Å². The third kappa shape index (κ3) is 5.35. The van der Waals surface area contributed by atoms with E-state index in [-0.39, 0.29) is 23.7 Å². The van der Waals surface area contributed by atoms with Gasteiger partial charge in [-0.1, -0.05) is 72.8 Å². The fourth-order valence-corrected chi connectivity index (χ4v) is 5.71. The van der Waals surface area contributed by atoms with Crippen LogP contribution in [-0.4, -0.2) is 48.5 Å². The van der Waals surface area contributed by atoms with E-state index in [1.165, 1.54) is 12.1 Å². The highest BCUT2D eigenvalue weighted by atomic mass is 19.1. The van der Waals surface area contributed by atoms with Crippen molar-refractivity contribution in [1.29, 1.82) is 0 Å². The SMILES string of the molecule is O=C(C[N+]12CCC(CC1)C(OC(=O)C(Cc1ccc(F)cc1)c1ccccc1)C2)c1ccccc1. The van der Waals surface area contributed by atoms with Crippen LogP contribution < -0.4 is 0 Å². The van der Waals surface area contributed by atoms with Crippen LogP contribution in [0.25, 0.3) is 0 Å². The monoisotopic (exact) mass is 472 g/mol. The zero-order valence-electron chi connectivity index (χ0n) is 19.8. The smallest absolute Gasteiger partial charge is 0.314 e. The maximum atomic E-state index is 13.5. The van der Waals surface area contributed by atoms with E-state index < -0.39 is 5.92 Å². The van der Waals surface area contributed by atoms with E-state index >= 15 is 0 Å². The van der Waals surface area contributed by atoms with Gasteiger partial charge in [0.05, 0.1) is 19.0 Å². The maximum absolute atomic E-state index is 13.5. The summed E-state index contributed by atoms with van der Waals surface area (Å²) >= 11 is 0. The van der Waals surface area contributed by atoms with Crippen LogP contribution in [0.3, 0.4) is 0 Å². The number of halogens is 1. The molecule has 3 saturated heterocycles. The topological polar surface area (TPSA) is 43.4 Å². The zero-order chi connectivity index (χ0) is 24.3. The first-order chi connectivity index (χ1) is 17.0. The minimum atomic E-state index is -0.462. The first kappa shape index (κ1) is 23.4. The summed E-state index contributed by atoms with van der Waals surface area (Å²) in [5.74, 6) is -0.509. The number of fused-ring (bicyclic) bond motifs is 3. The molecule has 0 spiro atoms. The molecule has 3 aliphatic rings. The predicted octanol–water partition coefficient (Wildman–Crippen LogP) is 5.19. The van der Waals surface area contributed by atoms with Crippen molar-refractivity contribution < 1.29 is 23.2 Å². The number of Topliss-reactive ketones (excluding diaryl/α,β-unsaturated/α-hetero) is 1. The molecule has 2 atom stereocenters. The number of quaternary nitrogens is 1. The van der Waals surface area contributed by atoms with Crippen LogP contribution in [0.2, 0.25) is 0 Å². The first-order valence-corrected chi connectivity index (χ1v) is 12.4. The minimum absolute atomic E-state index is 0.148. The molecule has 3 aliphatic heterocycles. The van der Waals surface area contributed by atoms with Crippen LogP contribution in [0.5, 0.6) is 0 Å². The second-order valence-corrected chi connectivity index (χ2v) is 10.0. The minimum Gasteiger partial charge on any atom is -0.456 e.